The average molecular weight is 347 g/mol. The Morgan fingerprint density at radius 2 is 2.12 bits per heavy atom. The van der Waals surface area contributed by atoms with E-state index in [9.17, 15) is 9.18 Å². The SMILES string of the molecule is COCCCOc1ccc(F)cc1-n1cc(C#N)c(N)c1C(=O)OC. The molecule has 132 valence electrons. The highest BCUT2D eigenvalue weighted by Gasteiger charge is 2.23. The van der Waals surface area contributed by atoms with Crippen LogP contribution < -0.4 is 10.5 Å². The molecule has 2 aromatic rings. The lowest BCUT2D eigenvalue weighted by Gasteiger charge is -2.14. The lowest BCUT2D eigenvalue weighted by molar-refractivity contribution is 0.0593. The van der Waals surface area contributed by atoms with Crippen molar-refractivity contribution in [2.45, 2.75) is 6.42 Å². The quantitative estimate of drug-likeness (QED) is 0.609. The van der Waals surface area contributed by atoms with Crippen LogP contribution in [0.2, 0.25) is 0 Å². The molecule has 0 aliphatic heterocycles. The molecule has 7 nitrogen and oxygen atoms in total. The van der Waals surface area contributed by atoms with Gasteiger partial charge < -0.3 is 24.5 Å². The first-order valence-corrected chi connectivity index (χ1v) is 7.44. The maximum Gasteiger partial charge on any atom is 0.357 e. The molecule has 2 rings (SSSR count). The molecule has 1 aromatic carbocycles. The average Bonchev–Trinajstić information content (AvgIpc) is 2.95. The first-order valence-electron chi connectivity index (χ1n) is 7.44. The van der Waals surface area contributed by atoms with Gasteiger partial charge in [0.2, 0.25) is 0 Å². The monoisotopic (exact) mass is 347 g/mol. The highest BCUT2D eigenvalue weighted by atomic mass is 19.1. The summed E-state index contributed by atoms with van der Waals surface area (Å²) in [5, 5.41) is 9.17. The number of anilines is 1. The number of benzene rings is 1. The van der Waals surface area contributed by atoms with Crippen molar-refractivity contribution in [3.63, 3.8) is 0 Å². The van der Waals surface area contributed by atoms with E-state index in [4.69, 9.17) is 25.2 Å². The highest BCUT2D eigenvalue weighted by molar-refractivity contribution is 5.96. The molecule has 8 heteroatoms. The van der Waals surface area contributed by atoms with E-state index < -0.39 is 11.8 Å². The van der Waals surface area contributed by atoms with Crippen LogP contribution in [0.15, 0.2) is 24.4 Å². The van der Waals surface area contributed by atoms with Crippen molar-refractivity contribution < 1.29 is 23.4 Å². The van der Waals surface area contributed by atoms with Crippen LogP contribution >= 0.6 is 0 Å². The largest absolute Gasteiger partial charge is 0.491 e. The predicted octanol–water partition coefficient (Wildman–Crippen LogP) is 2.27. The number of nitrogens with two attached hydrogens (primary N) is 1. The summed E-state index contributed by atoms with van der Waals surface area (Å²) >= 11 is 0. The Balaban J connectivity index is 2.52. The summed E-state index contributed by atoms with van der Waals surface area (Å²) in [6, 6.07) is 5.77. The second kappa shape index (κ2) is 8.17. The molecule has 0 radical (unpaired) electrons. The van der Waals surface area contributed by atoms with Gasteiger partial charge in [-0.25, -0.2) is 9.18 Å². The van der Waals surface area contributed by atoms with Crippen LogP contribution in [0, 0.1) is 17.1 Å². The molecule has 25 heavy (non-hydrogen) atoms. The Morgan fingerprint density at radius 1 is 1.36 bits per heavy atom. The number of carbonyl (C=O) groups is 1. The van der Waals surface area contributed by atoms with Gasteiger partial charge in [-0.3, -0.25) is 0 Å². The molecule has 1 heterocycles. The molecule has 0 bridgehead atoms. The molecule has 0 fully saturated rings. The van der Waals surface area contributed by atoms with Crippen molar-refractivity contribution in [3.05, 3.63) is 41.5 Å². The zero-order valence-corrected chi connectivity index (χ0v) is 13.9. The van der Waals surface area contributed by atoms with Crippen LogP contribution in [-0.2, 0) is 9.47 Å². The first kappa shape index (κ1) is 18.3. The van der Waals surface area contributed by atoms with Crippen molar-refractivity contribution in [2.75, 3.05) is 33.2 Å². The second-order valence-corrected chi connectivity index (χ2v) is 5.09. The summed E-state index contributed by atoms with van der Waals surface area (Å²) < 4.78 is 30.4. The third-order valence-corrected chi connectivity index (χ3v) is 3.47. The summed E-state index contributed by atoms with van der Waals surface area (Å²) in [4.78, 5) is 12.1. The normalized spacial score (nSPS) is 10.3. The summed E-state index contributed by atoms with van der Waals surface area (Å²) in [6.45, 7) is 0.848. The maximum absolute atomic E-state index is 13.8. The van der Waals surface area contributed by atoms with Gasteiger partial charge >= 0.3 is 5.97 Å². The van der Waals surface area contributed by atoms with E-state index in [1.54, 1.807) is 7.11 Å². The number of esters is 1. The van der Waals surface area contributed by atoms with Crippen LogP contribution in [0.3, 0.4) is 0 Å². The van der Waals surface area contributed by atoms with E-state index in [2.05, 4.69) is 0 Å². The Kier molecular flexibility index (Phi) is 5.98. The number of nitrogen functional groups attached to an aromatic ring is 1. The molecule has 0 amide bonds. The van der Waals surface area contributed by atoms with Gasteiger partial charge in [-0.05, 0) is 12.1 Å². The van der Waals surface area contributed by atoms with E-state index in [-0.39, 0.29) is 22.6 Å². The molecular weight excluding hydrogens is 329 g/mol. The van der Waals surface area contributed by atoms with Crippen molar-refractivity contribution in [1.82, 2.24) is 4.57 Å². The molecule has 0 spiro atoms. The van der Waals surface area contributed by atoms with Crippen molar-refractivity contribution >= 4 is 11.7 Å². The van der Waals surface area contributed by atoms with Crippen LogP contribution in [-0.4, -0.2) is 38.0 Å². The topological polar surface area (TPSA) is 99.5 Å². The number of nitriles is 1. The van der Waals surface area contributed by atoms with Crippen molar-refractivity contribution in [1.29, 1.82) is 5.26 Å². The smallest absolute Gasteiger partial charge is 0.357 e. The lowest BCUT2D eigenvalue weighted by atomic mass is 10.2. The Morgan fingerprint density at radius 3 is 2.76 bits per heavy atom. The molecule has 0 atom stereocenters. The maximum atomic E-state index is 13.8. The third kappa shape index (κ3) is 3.89. The summed E-state index contributed by atoms with van der Waals surface area (Å²) in [5.74, 6) is -0.934. The number of ether oxygens (including phenoxy) is 3. The van der Waals surface area contributed by atoms with Gasteiger partial charge in [0.25, 0.3) is 0 Å². The van der Waals surface area contributed by atoms with Crippen LogP contribution in [0.25, 0.3) is 5.69 Å². The van der Waals surface area contributed by atoms with Gasteiger partial charge in [0, 0.05) is 32.4 Å². The van der Waals surface area contributed by atoms with Crippen LogP contribution in [0.4, 0.5) is 10.1 Å². The number of aromatic nitrogens is 1. The molecule has 1 aromatic heterocycles. The number of hydrogen-bond acceptors (Lipinski definition) is 6. The fourth-order valence-corrected chi connectivity index (χ4v) is 2.29. The van der Waals surface area contributed by atoms with Crippen LogP contribution in [0.1, 0.15) is 22.5 Å². The molecule has 0 saturated heterocycles. The molecule has 2 N–H and O–H groups in total. The van der Waals surface area contributed by atoms with Crippen molar-refractivity contribution in [3.8, 4) is 17.5 Å². The van der Waals surface area contributed by atoms with Gasteiger partial charge in [-0.15, -0.1) is 0 Å². The van der Waals surface area contributed by atoms with Crippen molar-refractivity contribution in [2.24, 2.45) is 0 Å². The van der Waals surface area contributed by atoms with Gasteiger partial charge in [0.15, 0.2) is 5.69 Å². The predicted molar refractivity (Wildman–Crippen MR) is 88.2 cm³/mol. The number of methoxy groups -OCH3 is 2. The van der Waals surface area contributed by atoms with Gasteiger partial charge in [-0.1, -0.05) is 0 Å². The standard InChI is InChI=1S/C17H18FN3O4/c1-23-6-3-7-25-14-5-4-12(18)8-13(14)21-10-11(9-19)15(20)16(21)17(22)24-2/h4-5,8,10H,3,6-7,20H2,1-2H3. The molecule has 0 unspecified atom stereocenters. The zero-order chi connectivity index (χ0) is 18.4. The minimum absolute atomic E-state index is 0.0380. The van der Waals surface area contributed by atoms with E-state index in [0.29, 0.717) is 25.4 Å². The summed E-state index contributed by atoms with van der Waals surface area (Å²) in [6.07, 6.45) is 1.98. The Labute approximate surface area is 144 Å². The van der Waals surface area contributed by atoms with E-state index in [1.807, 2.05) is 6.07 Å². The fraction of sp³-hybridized carbons (Fsp3) is 0.294. The fourth-order valence-electron chi connectivity index (χ4n) is 2.29. The summed E-state index contributed by atoms with van der Waals surface area (Å²) in [5.41, 5.74) is 6.08. The summed E-state index contributed by atoms with van der Waals surface area (Å²) in [7, 11) is 2.77. The second-order valence-electron chi connectivity index (χ2n) is 5.09. The third-order valence-electron chi connectivity index (χ3n) is 3.47. The number of halogens is 1. The molecule has 0 aliphatic carbocycles. The molecular formula is C17H18FN3O4. The Hall–Kier alpha value is -3.05. The Bertz CT molecular complexity index is 811. The highest BCUT2D eigenvalue weighted by Crippen LogP contribution is 2.30. The van der Waals surface area contributed by atoms with E-state index in [0.717, 1.165) is 0 Å². The number of nitrogens with zero attached hydrogens (tertiary/aromatic N) is 2. The van der Waals surface area contributed by atoms with Crippen LogP contribution in [0.5, 0.6) is 5.75 Å². The van der Waals surface area contributed by atoms with E-state index in [1.165, 1.54) is 36.1 Å². The molecule has 0 aliphatic rings. The molecule has 0 saturated carbocycles. The number of carbonyl (C=O) groups excluding carboxylic acids is 1. The van der Waals surface area contributed by atoms with Gasteiger partial charge in [0.1, 0.15) is 17.6 Å². The minimum atomic E-state index is -0.742. The lowest BCUT2D eigenvalue weighted by Crippen LogP contribution is -2.12. The number of hydrogen-bond donors (Lipinski definition) is 1. The zero-order valence-electron chi connectivity index (χ0n) is 13.9. The van der Waals surface area contributed by atoms with E-state index >= 15 is 0 Å². The number of rotatable bonds is 7. The van der Waals surface area contributed by atoms with Gasteiger partial charge in [0.05, 0.1) is 30.7 Å². The first-order chi connectivity index (χ1) is 12.0. The van der Waals surface area contributed by atoms with Gasteiger partial charge in [-0.2, -0.15) is 5.26 Å². The minimum Gasteiger partial charge on any atom is -0.491 e.